The zero-order valence-electron chi connectivity index (χ0n) is 17.1. The van der Waals surface area contributed by atoms with Crippen molar-refractivity contribution < 1.29 is 17.9 Å². The maximum atomic E-state index is 13.5. The fourth-order valence-electron chi connectivity index (χ4n) is 3.16. The number of nitrogens with zero attached hydrogens (tertiary/aromatic N) is 3. The summed E-state index contributed by atoms with van der Waals surface area (Å²) in [4.78, 5) is 9.99. The summed E-state index contributed by atoms with van der Waals surface area (Å²) in [5.41, 5.74) is 1.69. The fraction of sp³-hybridized carbons (Fsp3) is 0.304. The van der Waals surface area contributed by atoms with E-state index in [0.717, 1.165) is 23.0 Å². The van der Waals surface area contributed by atoms with Crippen molar-refractivity contribution in [2.45, 2.75) is 39.5 Å². The Morgan fingerprint density at radius 2 is 1.67 bits per heavy atom. The quantitative estimate of drug-likeness (QED) is 0.450. The number of ether oxygens (including phenoxy) is 1. The molecular formula is C23H24F3N3O. The molecule has 0 atom stereocenters. The molecule has 0 aliphatic carbocycles. The van der Waals surface area contributed by atoms with Crippen molar-refractivity contribution in [2.75, 3.05) is 11.4 Å². The van der Waals surface area contributed by atoms with Crippen LogP contribution in [-0.4, -0.2) is 16.5 Å². The van der Waals surface area contributed by atoms with Crippen LogP contribution in [0.25, 0.3) is 0 Å². The summed E-state index contributed by atoms with van der Waals surface area (Å²) >= 11 is 0. The summed E-state index contributed by atoms with van der Waals surface area (Å²) in [6.07, 6.45) is -3.82. The highest BCUT2D eigenvalue weighted by Crippen LogP contribution is 2.37. The van der Waals surface area contributed by atoms with Gasteiger partial charge in [-0.3, -0.25) is 0 Å². The lowest BCUT2D eigenvalue weighted by Gasteiger charge is -2.26. The highest BCUT2D eigenvalue weighted by atomic mass is 19.4. The molecule has 4 nitrogen and oxygen atoms in total. The Labute approximate surface area is 174 Å². The third-order valence-electron chi connectivity index (χ3n) is 4.67. The van der Waals surface area contributed by atoms with Gasteiger partial charge in [0.2, 0.25) is 11.8 Å². The molecule has 0 fully saturated rings. The van der Waals surface area contributed by atoms with Crippen molar-refractivity contribution in [3.63, 3.8) is 0 Å². The van der Waals surface area contributed by atoms with Crippen LogP contribution in [0.2, 0.25) is 0 Å². The third-order valence-corrected chi connectivity index (χ3v) is 4.67. The summed E-state index contributed by atoms with van der Waals surface area (Å²) in [5.74, 6) is -0.0722. The van der Waals surface area contributed by atoms with Crippen LogP contribution in [0.1, 0.15) is 43.4 Å². The molecule has 1 heterocycles. The predicted molar refractivity (Wildman–Crippen MR) is 111 cm³/mol. The van der Waals surface area contributed by atoms with Gasteiger partial charge >= 0.3 is 6.18 Å². The van der Waals surface area contributed by atoms with E-state index in [0.29, 0.717) is 6.54 Å². The average molecular weight is 415 g/mol. The van der Waals surface area contributed by atoms with Gasteiger partial charge in [-0.2, -0.15) is 18.2 Å². The SMILES string of the molecule is CCN(c1ncc(C(F)(F)F)c(OCc2ccccc2)n1)c1ccccc1C(C)C. The Balaban J connectivity index is 2.00. The number of hydrogen-bond acceptors (Lipinski definition) is 4. The van der Waals surface area contributed by atoms with Gasteiger partial charge in [-0.25, -0.2) is 4.98 Å². The summed E-state index contributed by atoms with van der Waals surface area (Å²) < 4.78 is 46.0. The van der Waals surface area contributed by atoms with Crippen LogP contribution in [0.4, 0.5) is 24.8 Å². The van der Waals surface area contributed by atoms with Gasteiger partial charge in [0.15, 0.2) is 0 Å². The van der Waals surface area contributed by atoms with Crippen LogP contribution >= 0.6 is 0 Å². The molecule has 158 valence electrons. The van der Waals surface area contributed by atoms with Crippen LogP contribution in [-0.2, 0) is 12.8 Å². The van der Waals surface area contributed by atoms with Gasteiger partial charge in [-0.1, -0.05) is 62.4 Å². The van der Waals surface area contributed by atoms with Crippen LogP contribution in [0.15, 0.2) is 60.8 Å². The van der Waals surface area contributed by atoms with Gasteiger partial charge in [0, 0.05) is 18.4 Å². The zero-order chi connectivity index (χ0) is 21.7. The van der Waals surface area contributed by atoms with E-state index in [4.69, 9.17) is 4.74 Å². The molecule has 3 aromatic rings. The summed E-state index contributed by atoms with van der Waals surface area (Å²) in [6.45, 7) is 6.51. The molecule has 0 aliphatic heterocycles. The van der Waals surface area contributed by atoms with Gasteiger partial charge in [-0.05, 0) is 30.0 Å². The topological polar surface area (TPSA) is 38.2 Å². The number of para-hydroxylation sites is 1. The van der Waals surface area contributed by atoms with Crippen molar-refractivity contribution >= 4 is 11.6 Å². The maximum absolute atomic E-state index is 13.5. The van der Waals surface area contributed by atoms with Crippen molar-refractivity contribution in [3.8, 4) is 5.88 Å². The molecule has 2 aromatic carbocycles. The molecule has 0 radical (unpaired) electrons. The monoisotopic (exact) mass is 415 g/mol. The molecular weight excluding hydrogens is 391 g/mol. The fourth-order valence-corrected chi connectivity index (χ4v) is 3.16. The van der Waals surface area contributed by atoms with Crippen LogP contribution in [0, 0.1) is 0 Å². The molecule has 0 unspecified atom stereocenters. The number of rotatable bonds is 7. The van der Waals surface area contributed by atoms with E-state index < -0.39 is 17.6 Å². The second-order valence-corrected chi connectivity index (χ2v) is 7.12. The number of alkyl halides is 3. The maximum Gasteiger partial charge on any atom is 0.423 e. The second-order valence-electron chi connectivity index (χ2n) is 7.12. The van der Waals surface area contributed by atoms with E-state index >= 15 is 0 Å². The molecule has 30 heavy (non-hydrogen) atoms. The van der Waals surface area contributed by atoms with E-state index in [9.17, 15) is 13.2 Å². The van der Waals surface area contributed by atoms with Crippen LogP contribution in [0.3, 0.4) is 0 Å². The van der Waals surface area contributed by atoms with Gasteiger partial charge < -0.3 is 9.64 Å². The Morgan fingerprint density at radius 3 is 2.30 bits per heavy atom. The highest BCUT2D eigenvalue weighted by molar-refractivity contribution is 5.63. The Kier molecular flexibility index (Phi) is 6.59. The first-order valence-electron chi connectivity index (χ1n) is 9.78. The smallest absolute Gasteiger partial charge is 0.423 e. The first kappa shape index (κ1) is 21.6. The summed E-state index contributed by atoms with van der Waals surface area (Å²) in [5, 5.41) is 0. The number of anilines is 2. The predicted octanol–water partition coefficient (Wildman–Crippen LogP) is 6.36. The van der Waals surface area contributed by atoms with Crippen molar-refractivity contribution in [2.24, 2.45) is 0 Å². The standard InChI is InChI=1S/C23H24F3N3O/c1-4-29(20-13-9-8-12-18(20)16(2)3)22-27-14-19(23(24,25)26)21(28-22)30-15-17-10-6-5-7-11-17/h5-14,16H,4,15H2,1-3H3. The van der Waals surface area contributed by atoms with Gasteiger partial charge in [0.25, 0.3) is 0 Å². The largest absolute Gasteiger partial charge is 0.472 e. The summed E-state index contributed by atoms with van der Waals surface area (Å²) in [7, 11) is 0. The Bertz CT molecular complexity index is 975. The minimum atomic E-state index is -4.61. The number of aromatic nitrogens is 2. The first-order valence-corrected chi connectivity index (χ1v) is 9.78. The third kappa shape index (κ3) is 4.90. The lowest BCUT2D eigenvalue weighted by atomic mass is 10.0. The molecule has 0 bridgehead atoms. The minimum Gasteiger partial charge on any atom is -0.472 e. The van der Waals surface area contributed by atoms with Crippen LogP contribution < -0.4 is 9.64 Å². The van der Waals surface area contributed by atoms with E-state index in [1.807, 2.05) is 37.3 Å². The average Bonchev–Trinajstić information content (AvgIpc) is 2.73. The number of halogens is 3. The van der Waals surface area contributed by atoms with Crippen molar-refractivity contribution in [1.29, 1.82) is 0 Å². The number of hydrogen-bond donors (Lipinski definition) is 0. The van der Waals surface area contributed by atoms with E-state index in [-0.39, 0.29) is 18.5 Å². The lowest BCUT2D eigenvalue weighted by molar-refractivity contribution is -0.139. The highest BCUT2D eigenvalue weighted by Gasteiger charge is 2.36. The van der Waals surface area contributed by atoms with E-state index in [1.165, 1.54) is 0 Å². The van der Waals surface area contributed by atoms with Gasteiger partial charge in [0.05, 0.1) is 0 Å². The Morgan fingerprint density at radius 1 is 1.00 bits per heavy atom. The van der Waals surface area contributed by atoms with Crippen molar-refractivity contribution in [3.05, 3.63) is 77.5 Å². The van der Waals surface area contributed by atoms with E-state index in [1.54, 1.807) is 29.2 Å². The van der Waals surface area contributed by atoms with Crippen molar-refractivity contribution in [1.82, 2.24) is 9.97 Å². The first-order chi connectivity index (χ1) is 14.3. The molecule has 1 aromatic heterocycles. The molecule has 0 saturated heterocycles. The van der Waals surface area contributed by atoms with Gasteiger partial charge in [-0.15, -0.1) is 0 Å². The molecule has 7 heteroatoms. The second kappa shape index (κ2) is 9.15. The minimum absolute atomic E-state index is 0.0188. The number of benzene rings is 2. The molecule has 0 spiro atoms. The lowest BCUT2D eigenvalue weighted by Crippen LogP contribution is -2.22. The molecule has 0 saturated carbocycles. The Hall–Kier alpha value is -3.09. The molecule has 0 amide bonds. The van der Waals surface area contributed by atoms with Gasteiger partial charge in [0.1, 0.15) is 12.2 Å². The molecule has 0 N–H and O–H groups in total. The molecule has 0 aliphatic rings. The zero-order valence-corrected chi connectivity index (χ0v) is 17.1. The molecule has 3 rings (SSSR count). The van der Waals surface area contributed by atoms with Crippen LogP contribution in [0.5, 0.6) is 5.88 Å². The summed E-state index contributed by atoms with van der Waals surface area (Å²) in [6, 6.07) is 16.8. The van der Waals surface area contributed by atoms with E-state index in [2.05, 4.69) is 23.8 Å². The normalized spacial score (nSPS) is 11.6.